The highest BCUT2D eigenvalue weighted by Gasteiger charge is 2.32. The largest absolute Gasteiger partial charge is 0.416 e. The van der Waals surface area contributed by atoms with Gasteiger partial charge in [0.1, 0.15) is 18.0 Å². The van der Waals surface area contributed by atoms with Gasteiger partial charge in [-0.05, 0) is 12.1 Å². The summed E-state index contributed by atoms with van der Waals surface area (Å²) >= 11 is 0. The Balaban J connectivity index is 1.95. The quantitative estimate of drug-likeness (QED) is 0.915. The fourth-order valence-corrected chi connectivity index (χ4v) is 2.23. The minimum absolute atomic E-state index is 0.187. The number of aromatic nitrogens is 4. The number of pyridine rings is 1. The lowest BCUT2D eigenvalue weighted by Gasteiger charge is -2.28. The SMILES string of the molecule is CNc1cc(C(F)(F)F)cc(N2CCn3cnnc3C2)n1. The van der Waals surface area contributed by atoms with Crippen molar-refractivity contribution in [3.63, 3.8) is 0 Å². The van der Waals surface area contributed by atoms with Gasteiger partial charge in [-0.1, -0.05) is 0 Å². The van der Waals surface area contributed by atoms with Crippen molar-refractivity contribution in [2.24, 2.45) is 0 Å². The highest BCUT2D eigenvalue weighted by Crippen LogP contribution is 2.33. The zero-order chi connectivity index (χ0) is 15.0. The van der Waals surface area contributed by atoms with E-state index in [1.807, 2.05) is 4.57 Å². The molecule has 0 bridgehead atoms. The van der Waals surface area contributed by atoms with Gasteiger partial charge in [0.2, 0.25) is 0 Å². The van der Waals surface area contributed by atoms with E-state index >= 15 is 0 Å². The topological polar surface area (TPSA) is 58.9 Å². The van der Waals surface area contributed by atoms with Crippen molar-refractivity contribution in [3.05, 3.63) is 29.8 Å². The molecule has 0 saturated carbocycles. The van der Waals surface area contributed by atoms with E-state index < -0.39 is 11.7 Å². The van der Waals surface area contributed by atoms with Crippen LogP contribution < -0.4 is 10.2 Å². The first-order valence-electron chi connectivity index (χ1n) is 6.36. The van der Waals surface area contributed by atoms with Crippen LogP contribution in [0.5, 0.6) is 0 Å². The molecule has 0 aliphatic carbocycles. The van der Waals surface area contributed by atoms with Crippen molar-refractivity contribution in [2.75, 3.05) is 23.8 Å². The van der Waals surface area contributed by atoms with E-state index in [4.69, 9.17) is 0 Å². The molecule has 6 nitrogen and oxygen atoms in total. The van der Waals surface area contributed by atoms with Gasteiger partial charge < -0.3 is 14.8 Å². The Morgan fingerprint density at radius 1 is 1.24 bits per heavy atom. The number of hydrogen-bond acceptors (Lipinski definition) is 5. The Bertz CT molecular complexity index is 651. The van der Waals surface area contributed by atoms with Crippen LogP contribution in [0.2, 0.25) is 0 Å². The molecule has 0 amide bonds. The Labute approximate surface area is 118 Å². The van der Waals surface area contributed by atoms with Crippen LogP contribution >= 0.6 is 0 Å². The first kappa shape index (κ1) is 13.7. The van der Waals surface area contributed by atoms with E-state index in [2.05, 4.69) is 20.5 Å². The maximum absolute atomic E-state index is 12.9. The maximum atomic E-state index is 12.9. The fraction of sp³-hybridized carbons (Fsp3) is 0.417. The lowest BCUT2D eigenvalue weighted by atomic mass is 10.2. The molecule has 0 fully saturated rings. The summed E-state index contributed by atoms with van der Waals surface area (Å²) in [5.74, 6) is 1.18. The first-order valence-corrected chi connectivity index (χ1v) is 6.36. The molecule has 2 aromatic heterocycles. The predicted octanol–water partition coefficient (Wildman–Crippen LogP) is 1.75. The maximum Gasteiger partial charge on any atom is 0.416 e. The molecule has 0 radical (unpaired) electrons. The van der Waals surface area contributed by atoms with Gasteiger partial charge in [0.25, 0.3) is 0 Å². The minimum atomic E-state index is -4.40. The molecule has 0 spiro atoms. The van der Waals surface area contributed by atoms with E-state index in [1.54, 1.807) is 18.3 Å². The van der Waals surface area contributed by atoms with Crippen LogP contribution in [0.15, 0.2) is 18.5 Å². The fourth-order valence-electron chi connectivity index (χ4n) is 2.23. The highest BCUT2D eigenvalue weighted by atomic mass is 19.4. The number of halogens is 3. The molecule has 9 heteroatoms. The summed E-state index contributed by atoms with van der Waals surface area (Å²) in [6, 6.07) is 2.06. The zero-order valence-corrected chi connectivity index (χ0v) is 11.2. The molecule has 1 aliphatic rings. The number of alkyl halides is 3. The summed E-state index contributed by atoms with van der Waals surface area (Å²) in [5, 5.41) is 10.4. The number of fused-ring (bicyclic) bond motifs is 1. The second-order valence-electron chi connectivity index (χ2n) is 4.71. The van der Waals surface area contributed by atoms with Gasteiger partial charge in [-0.2, -0.15) is 13.2 Å². The van der Waals surface area contributed by atoms with Crippen LogP contribution in [-0.4, -0.2) is 33.3 Å². The Morgan fingerprint density at radius 3 is 2.76 bits per heavy atom. The molecule has 0 unspecified atom stereocenters. The Morgan fingerprint density at radius 2 is 2.05 bits per heavy atom. The second kappa shape index (κ2) is 4.90. The van der Waals surface area contributed by atoms with Crippen LogP contribution in [0.1, 0.15) is 11.4 Å². The summed E-state index contributed by atoms with van der Waals surface area (Å²) in [6.45, 7) is 1.56. The van der Waals surface area contributed by atoms with Crippen LogP contribution in [0.25, 0.3) is 0 Å². The van der Waals surface area contributed by atoms with Crippen LogP contribution in [0.3, 0.4) is 0 Å². The van der Waals surface area contributed by atoms with Gasteiger partial charge in [0.15, 0.2) is 5.82 Å². The van der Waals surface area contributed by atoms with E-state index in [0.29, 0.717) is 25.5 Å². The summed E-state index contributed by atoms with van der Waals surface area (Å²) in [4.78, 5) is 5.97. The van der Waals surface area contributed by atoms with E-state index in [1.165, 1.54) is 0 Å². The molecular weight excluding hydrogens is 285 g/mol. The highest BCUT2D eigenvalue weighted by molar-refractivity contribution is 5.51. The number of rotatable bonds is 2. The molecule has 0 saturated heterocycles. The molecule has 3 heterocycles. The first-order chi connectivity index (χ1) is 9.97. The average molecular weight is 298 g/mol. The van der Waals surface area contributed by atoms with Gasteiger partial charge in [-0.25, -0.2) is 4.98 Å². The number of anilines is 2. The van der Waals surface area contributed by atoms with E-state index in [9.17, 15) is 13.2 Å². The van der Waals surface area contributed by atoms with Gasteiger partial charge >= 0.3 is 6.18 Å². The molecule has 0 atom stereocenters. The summed E-state index contributed by atoms with van der Waals surface area (Å²) in [5.41, 5.74) is -0.719. The lowest BCUT2D eigenvalue weighted by Crippen LogP contribution is -2.34. The van der Waals surface area contributed by atoms with Gasteiger partial charge in [-0.15, -0.1) is 10.2 Å². The van der Waals surface area contributed by atoms with Crippen molar-refractivity contribution >= 4 is 11.6 Å². The van der Waals surface area contributed by atoms with E-state index in [-0.39, 0.29) is 11.6 Å². The van der Waals surface area contributed by atoms with Gasteiger partial charge in [0.05, 0.1) is 12.1 Å². The summed E-state index contributed by atoms with van der Waals surface area (Å²) < 4.78 is 40.7. The average Bonchev–Trinajstić information content (AvgIpc) is 2.93. The van der Waals surface area contributed by atoms with Crippen molar-refractivity contribution < 1.29 is 13.2 Å². The third-order valence-corrected chi connectivity index (χ3v) is 3.36. The minimum Gasteiger partial charge on any atom is -0.373 e. The Hall–Kier alpha value is -2.32. The van der Waals surface area contributed by atoms with Gasteiger partial charge in [0, 0.05) is 20.1 Å². The van der Waals surface area contributed by atoms with Crippen molar-refractivity contribution in [1.29, 1.82) is 0 Å². The number of nitrogens with one attached hydrogen (secondary N) is 1. The molecule has 1 N–H and O–H groups in total. The smallest absolute Gasteiger partial charge is 0.373 e. The summed E-state index contributed by atoms with van der Waals surface area (Å²) in [6.07, 6.45) is -2.79. The molecule has 112 valence electrons. The zero-order valence-electron chi connectivity index (χ0n) is 11.2. The summed E-state index contributed by atoms with van der Waals surface area (Å²) in [7, 11) is 1.54. The molecular formula is C12H13F3N6. The van der Waals surface area contributed by atoms with Crippen LogP contribution in [0.4, 0.5) is 24.8 Å². The van der Waals surface area contributed by atoms with Crippen LogP contribution in [-0.2, 0) is 19.3 Å². The van der Waals surface area contributed by atoms with Crippen molar-refractivity contribution in [2.45, 2.75) is 19.3 Å². The predicted molar refractivity (Wildman–Crippen MR) is 69.9 cm³/mol. The van der Waals surface area contributed by atoms with Crippen molar-refractivity contribution in [3.8, 4) is 0 Å². The molecule has 3 rings (SSSR count). The Kier molecular flexibility index (Phi) is 3.19. The monoisotopic (exact) mass is 298 g/mol. The second-order valence-corrected chi connectivity index (χ2v) is 4.71. The number of hydrogen-bond donors (Lipinski definition) is 1. The molecule has 21 heavy (non-hydrogen) atoms. The lowest BCUT2D eigenvalue weighted by molar-refractivity contribution is -0.137. The third-order valence-electron chi connectivity index (χ3n) is 3.36. The van der Waals surface area contributed by atoms with E-state index in [0.717, 1.165) is 12.1 Å². The van der Waals surface area contributed by atoms with Crippen LogP contribution in [0, 0.1) is 0 Å². The van der Waals surface area contributed by atoms with Gasteiger partial charge in [-0.3, -0.25) is 0 Å². The van der Waals surface area contributed by atoms with Crippen molar-refractivity contribution in [1.82, 2.24) is 19.7 Å². The molecule has 2 aromatic rings. The standard InChI is InChI=1S/C12H13F3N6/c1-16-9-4-8(12(13,14)15)5-10(18-9)20-2-3-21-7-17-19-11(21)6-20/h4-5,7H,2-3,6H2,1H3,(H,16,18). The number of nitrogens with zero attached hydrogens (tertiary/aromatic N) is 5. The molecule has 1 aliphatic heterocycles. The third kappa shape index (κ3) is 2.63. The molecule has 0 aromatic carbocycles. The normalized spacial score (nSPS) is 15.0.